The molecule has 0 heterocycles. The molecule has 0 bridgehead atoms. The lowest BCUT2D eigenvalue weighted by molar-refractivity contribution is 0.122. The second-order valence-corrected chi connectivity index (χ2v) is 6.21. The van der Waals surface area contributed by atoms with E-state index in [4.69, 9.17) is 5.73 Å². The molecule has 0 aromatic heterocycles. The second kappa shape index (κ2) is 9.15. The molecule has 0 amide bonds. The zero-order valence-electron chi connectivity index (χ0n) is 13.6. The van der Waals surface area contributed by atoms with E-state index in [0.29, 0.717) is 0 Å². The number of hydrogen-bond donors (Lipinski definition) is 1. The van der Waals surface area contributed by atoms with E-state index in [0.717, 1.165) is 13.1 Å². The highest BCUT2D eigenvalue weighted by Gasteiger charge is 2.26. The van der Waals surface area contributed by atoms with Gasteiger partial charge in [0.2, 0.25) is 0 Å². The first kappa shape index (κ1) is 17.2. The van der Waals surface area contributed by atoms with Crippen molar-refractivity contribution in [2.45, 2.75) is 64.5 Å². The van der Waals surface area contributed by atoms with Gasteiger partial charge in [-0.1, -0.05) is 69.4 Å². The molecule has 0 aliphatic heterocycles. The van der Waals surface area contributed by atoms with E-state index < -0.39 is 0 Å². The summed E-state index contributed by atoms with van der Waals surface area (Å²) in [5, 5.41) is 0. The van der Waals surface area contributed by atoms with E-state index in [1.54, 1.807) is 0 Å². The summed E-state index contributed by atoms with van der Waals surface area (Å²) < 4.78 is 0. The average Bonchev–Trinajstić information content (AvgIpc) is 2.47. The van der Waals surface area contributed by atoms with E-state index in [1.807, 2.05) is 0 Å². The number of nitrogens with zero attached hydrogens (tertiary/aromatic N) is 1. The minimum Gasteiger partial charge on any atom is -0.329 e. The van der Waals surface area contributed by atoms with Crippen LogP contribution in [0.3, 0.4) is 0 Å². The van der Waals surface area contributed by atoms with E-state index in [1.165, 1.54) is 44.1 Å². The van der Waals surface area contributed by atoms with Crippen molar-refractivity contribution in [3.63, 3.8) is 0 Å². The summed E-state index contributed by atoms with van der Waals surface area (Å²) in [6.45, 7) is 6.26. The quantitative estimate of drug-likeness (QED) is 0.649. The minimum atomic E-state index is 0.113. The van der Waals surface area contributed by atoms with Gasteiger partial charge in [0.1, 0.15) is 0 Å². The van der Waals surface area contributed by atoms with Gasteiger partial charge < -0.3 is 5.73 Å². The topological polar surface area (TPSA) is 29.3 Å². The second-order valence-electron chi connectivity index (χ2n) is 6.21. The average molecular weight is 276 g/mol. The molecule has 0 radical (unpaired) electrons. The molecule has 1 atom stereocenters. The van der Waals surface area contributed by atoms with Crippen LogP contribution < -0.4 is 5.73 Å². The summed E-state index contributed by atoms with van der Waals surface area (Å²) in [5.74, 6) is 0. The van der Waals surface area contributed by atoms with Gasteiger partial charge in [0.15, 0.2) is 0 Å². The maximum absolute atomic E-state index is 6.06. The van der Waals surface area contributed by atoms with Crippen molar-refractivity contribution in [1.29, 1.82) is 0 Å². The van der Waals surface area contributed by atoms with Crippen LogP contribution in [0.2, 0.25) is 0 Å². The maximum Gasteiger partial charge on any atom is 0.0304 e. The Bertz CT molecular complexity index is 350. The Balaban J connectivity index is 2.45. The first-order valence-electron chi connectivity index (χ1n) is 8.07. The maximum atomic E-state index is 6.06. The van der Waals surface area contributed by atoms with Crippen LogP contribution in [0, 0.1) is 0 Å². The first-order chi connectivity index (χ1) is 9.62. The molecule has 1 aromatic carbocycles. The van der Waals surface area contributed by atoms with Crippen LogP contribution in [-0.4, -0.2) is 24.0 Å². The molecule has 0 aliphatic rings. The highest BCUT2D eigenvalue weighted by atomic mass is 15.2. The van der Waals surface area contributed by atoms with E-state index in [2.05, 4.69) is 56.1 Å². The molecule has 1 rings (SSSR count). The van der Waals surface area contributed by atoms with Crippen LogP contribution >= 0.6 is 0 Å². The van der Waals surface area contributed by atoms with Crippen molar-refractivity contribution in [3.05, 3.63) is 35.9 Å². The van der Waals surface area contributed by atoms with Gasteiger partial charge in [-0.3, -0.25) is 4.90 Å². The number of hydrogen-bond acceptors (Lipinski definition) is 2. The molecule has 2 heteroatoms. The third-order valence-corrected chi connectivity index (χ3v) is 4.44. The van der Waals surface area contributed by atoms with Crippen LogP contribution in [0.4, 0.5) is 0 Å². The van der Waals surface area contributed by atoms with Gasteiger partial charge in [-0.15, -0.1) is 0 Å². The summed E-state index contributed by atoms with van der Waals surface area (Å²) in [7, 11) is 2.20. The lowest BCUT2D eigenvalue weighted by Gasteiger charge is -2.38. The third kappa shape index (κ3) is 5.64. The summed E-state index contributed by atoms with van der Waals surface area (Å²) in [6, 6.07) is 10.7. The van der Waals surface area contributed by atoms with Crippen LogP contribution in [0.5, 0.6) is 0 Å². The van der Waals surface area contributed by atoms with Crippen molar-refractivity contribution in [1.82, 2.24) is 4.90 Å². The Kier molecular flexibility index (Phi) is 7.86. The predicted molar refractivity (Wildman–Crippen MR) is 88.7 cm³/mol. The van der Waals surface area contributed by atoms with Crippen LogP contribution in [0.15, 0.2) is 30.3 Å². The van der Waals surface area contributed by atoms with E-state index >= 15 is 0 Å². The van der Waals surface area contributed by atoms with Gasteiger partial charge in [0, 0.05) is 18.6 Å². The number of nitrogens with two attached hydrogens (primary N) is 1. The number of likely N-dealkylation sites (N-methyl/N-ethyl adjacent to an activating group) is 1. The molecule has 1 aromatic rings. The summed E-state index contributed by atoms with van der Waals surface area (Å²) >= 11 is 0. The molecule has 2 nitrogen and oxygen atoms in total. The van der Waals surface area contributed by atoms with E-state index in [9.17, 15) is 0 Å². The SMILES string of the molecule is CCCCCCCC(C)(CN)N(C)Cc1ccccc1. The van der Waals surface area contributed by atoms with Crippen molar-refractivity contribution < 1.29 is 0 Å². The molecule has 20 heavy (non-hydrogen) atoms. The molecule has 1 unspecified atom stereocenters. The normalized spacial score (nSPS) is 14.4. The van der Waals surface area contributed by atoms with Crippen LogP contribution in [0.25, 0.3) is 0 Å². The lowest BCUT2D eigenvalue weighted by Crippen LogP contribution is -2.49. The molecule has 0 spiro atoms. The molecule has 0 aliphatic carbocycles. The number of benzene rings is 1. The molecule has 2 N–H and O–H groups in total. The Morgan fingerprint density at radius 1 is 1.05 bits per heavy atom. The van der Waals surface area contributed by atoms with E-state index in [-0.39, 0.29) is 5.54 Å². The Labute approximate surface area is 125 Å². The zero-order chi connectivity index (χ0) is 14.8. The Morgan fingerprint density at radius 3 is 2.30 bits per heavy atom. The molecule has 0 saturated heterocycles. The van der Waals surface area contributed by atoms with Gasteiger partial charge >= 0.3 is 0 Å². The largest absolute Gasteiger partial charge is 0.329 e. The summed E-state index contributed by atoms with van der Waals surface area (Å²) in [5.41, 5.74) is 7.54. The third-order valence-electron chi connectivity index (χ3n) is 4.44. The van der Waals surface area contributed by atoms with Gasteiger partial charge in [0.05, 0.1) is 0 Å². The summed E-state index contributed by atoms with van der Waals surface area (Å²) in [6.07, 6.45) is 7.84. The van der Waals surface area contributed by atoms with Crippen molar-refractivity contribution in [3.8, 4) is 0 Å². The molecular weight excluding hydrogens is 244 g/mol. The van der Waals surface area contributed by atoms with Crippen LogP contribution in [-0.2, 0) is 6.54 Å². The number of rotatable bonds is 10. The number of unbranched alkanes of at least 4 members (excludes halogenated alkanes) is 4. The zero-order valence-corrected chi connectivity index (χ0v) is 13.6. The van der Waals surface area contributed by atoms with Gasteiger partial charge in [-0.2, -0.15) is 0 Å². The molecule has 0 fully saturated rings. The van der Waals surface area contributed by atoms with Crippen molar-refractivity contribution in [2.24, 2.45) is 5.73 Å². The summed E-state index contributed by atoms with van der Waals surface area (Å²) in [4.78, 5) is 2.42. The predicted octanol–water partition coefficient (Wildman–Crippen LogP) is 4.20. The van der Waals surface area contributed by atoms with Gasteiger partial charge in [0.25, 0.3) is 0 Å². The van der Waals surface area contributed by atoms with Crippen LogP contribution in [0.1, 0.15) is 57.9 Å². The standard InChI is InChI=1S/C18H32N2/c1-4-5-6-7-11-14-18(2,16-19)20(3)15-17-12-9-8-10-13-17/h8-10,12-13H,4-7,11,14-16,19H2,1-3H3. The molecule has 114 valence electrons. The first-order valence-corrected chi connectivity index (χ1v) is 8.07. The van der Waals surface area contributed by atoms with Crippen molar-refractivity contribution >= 4 is 0 Å². The van der Waals surface area contributed by atoms with Gasteiger partial charge in [-0.05, 0) is 26.0 Å². The minimum absolute atomic E-state index is 0.113. The highest BCUT2D eigenvalue weighted by Crippen LogP contribution is 2.22. The fourth-order valence-electron chi connectivity index (χ4n) is 2.61. The Morgan fingerprint density at radius 2 is 1.70 bits per heavy atom. The molecule has 0 saturated carbocycles. The molecular formula is C18H32N2. The van der Waals surface area contributed by atoms with Crippen molar-refractivity contribution in [2.75, 3.05) is 13.6 Å². The fraction of sp³-hybridized carbons (Fsp3) is 0.667. The monoisotopic (exact) mass is 276 g/mol. The lowest BCUT2D eigenvalue weighted by atomic mass is 9.92. The van der Waals surface area contributed by atoms with Gasteiger partial charge in [-0.25, -0.2) is 0 Å². The Hall–Kier alpha value is -0.860. The smallest absolute Gasteiger partial charge is 0.0304 e. The fourth-order valence-corrected chi connectivity index (χ4v) is 2.61. The highest BCUT2D eigenvalue weighted by molar-refractivity contribution is 5.14.